The van der Waals surface area contributed by atoms with Crippen molar-refractivity contribution >= 4 is 16.1 Å². The summed E-state index contributed by atoms with van der Waals surface area (Å²) in [6, 6.07) is 0. The molecule has 0 aliphatic heterocycles. The second-order valence-electron chi connectivity index (χ2n) is 3.09. The van der Waals surface area contributed by atoms with E-state index in [1.807, 2.05) is 0 Å². The average Bonchev–Trinajstić information content (AvgIpc) is 2.61. The van der Waals surface area contributed by atoms with E-state index in [0.717, 1.165) is 6.26 Å². The maximum Gasteiger partial charge on any atom is 0.327 e. The van der Waals surface area contributed by atoms with Gasteiger partial charge in [0.25, 0.3) is 10.1 Å². The van der Waals surface area contributed by atoms with Gasteiger partial charge >= 0.3 is 5.97 Å². The van der Waals surface area contributed by atoms with Gasteiger partial charge in [0.2, 0.25) is 0 Å². The van der Waals surface area contributed by atoms with E-state index in [-0.39, 0.29) is 13.2 Å². The molecule has 90 valence electrons. The van der Waals surface area contributed by atoms with Crippen LogP contribution in [0, 0.1) is 0 Å². The van der Waals surface area contributed by atoms with Crippen LogP contribution in [0.15, 0.2) is 12.4 Å². The van der Waals surface area contributed by atoms with Gasteiger partial charge in [-0.2, -0.15) is 13.5 Å². The third kappa shape index (κ3) is 4.41. The van der Waals surface area contributed by atoms with Gasteiger partial charge in [-0.1, -0.05) is 0 Å². The van der Waals surface area contributed by atoms with Crippen molar-refractivity contribution in [3.63, 3.8) is 0 Å². The van der Waals surface area contributed by atoms with Gasteiger partial charge in [0.15, 0.2) is 0 Å². The van der Waals surface area contributed by atoms with Gasteiger partial charge in [0.1, 0.15) is 6.54 Å². The molecule has 1 aromatic rings. The van der Waals surface area contributed by atoms with Crippen LogP contribution in [0.2, 0.25) is 0 Å². The summed E-state index contributed by atoms with van der Waals surface area (Å²) in [5, 5.41) is 3.85. The fourth-order valence-electron chi connectivity index (χ4n) is 0.939. The third-order valence-electron chi connectivity index (χ3n) is 1.65. The summed E-state index contributed by atoms with van der Waals surface area (Å²) in [5.74, 6) is -0.432. The summed E-state index contributed by atoms with van der Waals surface area (Å²) < 4.78 is 31.8. The van der Waals surface area contributed by atoms with Gasteiger partial charge < -0.3 is 4.74 Å². The SMILES string of the molecule is COC(=O)Cn1cc(COS(C)(=O)=O)cn1. The van der Waals surface area contributed by atoms with Crippen LogP contribution >= 0.6 is 0 Å². The van der Waals surface area contributed by atoms with Crippen molar-refractivity contribution in [3.05, 3.63) is 18.0 Å². The van der Waals surface area contributed by atoms with Crippen LogP contribution in [0.5, 0.6) is 0 Å². The summed E-state index contributed by atoms with van der Waals surface area (Å²) >= 11 is 0. The molecule has 0 aliphatic carbocycles. The van der Waals surface area contributed by atoms with Crippen LogP contribution < -0.4 is 0 Å². The van der Waals surface area contributed by atoms with E-state index >= 15 is 0 Å². The Morgan fingerprint density at radius 2 is 2.25 bits per heavy atom. The number of carbonyl (C=O) groups is 1. The lowest BCUT2D eigenvalue weighted by Crippen LogP contribution is -2.11. The van der Waals surface area contributed by atoms with Crippen molar-refractivity contribution in [2.45, 2.75) is 13.2 Å². The Hall–Kier alpha value is -1.41. The van der Waals surface area contributed by atoms with Crippen LogP contribution in [0.1, 0.15) is 5.56 Å². The van der Waals surface area contributed by atoms with Crippen LogP contribution in [-0.4, -0.2) is 37.5 Å². The number of hydrogen-bond acceptors (Lipinski definition) is 6. The molecule has 0 saturated carbocycles. The lowest BCUT2D eigenvalue weighted by atomic mass is 10.4. The predicted octanol–water partition coefficient (Wildman–Crippen LogP) is -0.468. The molecule has 0 N–H and O–H groups in total. The minimum Gasteiger partial charge on any atom is -0.468 e. The van der Waals surface area contributed by atoms with Crippen molar-refractivity contribution in [1.29, 1.82) is 0 Å². The highest BCUT2D eigenvalue weighted by atomic mass is 32.2. The van der Waals surface area contributed by atoms with Gasteiger partial charge in [-0.3, -0.25) is 13.7 Å². The van der Waals surface area contributed by atoms with Gasteiger partial charge in [-0.15, -0.1) is 0 Å². The molecular weight excluding hydrogens is 236 g/mol. The smallest absolute Gasteiger partial charge is 0.327 e. The number of hydrogen-bond donors (Lipinski definition) is 0. The van der Waals surface area contributed by atoms with Crippen LogP contribution in [0.3, 0.4) is 0 Å². The fraction of sp³-hybridized carbons (Fsp3) is 0.500. The van der Waals surface area contributed by atoms with Crippen molar-refractivity contribution in [2.24, 2.45) is 0 Å². The standard InChI is InChI=1S/C8H12N2O5S/c1-14-8(11)5-10-4-7(3-9-10)6-15-16(2,12)13/h3-4H,5-6H2,1-2H3. The first-order valence-corrected chi connectivity index (χ1v) is 6.15. The Morgan fingerprint density at radius 3 is 2.81 bits per heavy atom. The first kappa shape index (κ1) is 12.7. The van der Waals surface area contributed by atoms with Gasteiger partial charge in [-0.05, 0) is 0 Å². The lowest BCUT2D eigenvalue weighted by Gasteiger charge is -1.99. The molecule has 0 aromatic carbocycles. The largest absolute Gasteiger partial charge is 0.468 e. The molecule has 7 nitrogen and oxygen atoms in total. The summed E-state index contributed by atoms with van der Waals surface area (Å²) in [6.07, 6.45) is 3.90. The van der Waals surface area contributed by atoms with Crippen LogP contribution in [0.4, 0.5) is 0 Å². The second-order valence-corrected chi connectivity index (χ2v) is 4.73. The normalized spacial score (nSPS) is 11.4. The van der Waals surface area contributed by atoms with Crippen molar-refractivity contribution in [1.82, 2.24) is 9.78 Å². The molecule has 1 heterocycles. The molecule has 0 saturated heterocycles. The Balaban J connectivity index is 2.55. The predicted molar refractivity (Wildman–Crippen MR) is 53.9 cm³/mol. The van der Waals surface area contributed by atoms with Crippen LogP contribution in [0.25, 0.3) is 0 Å². The van der Waals surface area contributed by atoms with Crippen molar-refractivity contribution < 1.29 is 22.1 Å². The summed E-state index contributed by atoms with van der Waals surface area (Å²) in [5.41, 5.74) is 0.564. The molecule has 16 heavy (non-hydrogen) atoms. The Bertz CT molecular complexity index is 465. The Labute approximate surface area is 93.1 Å². The first-order chi connectivity index (χ1) is 7.40. The maximum atomic E-state index is 10.9. The summed E-state index contributed by atoms with van der Waals surface area (Å²) in [6.45, 7) is -0.116. The number of methoxy groups -OCH3 is 1. The van der Waals surface area contributed by atoms with E-state index in [0.29, 0.717) is 5.56 Å². The number of rotatable bonds is 5. The summed E-state index contributed by atoms with van der Waals surface area (Å²) in [7, 11) is -2.19. The summed E-state index contributed by atoms with van der Waals surface area (Å²) in [4.78, 5) is 10.9. The quantitative estimate of drug-likeness (QED) is 0.517. The third-order valence-corrected chi connectivity index (χ3v) is 2.19. The Kier molecular flexibility index (Phi) is 4.02. The molecule has 0 fully saturated rings. The molecular formula is C8H12N2O5S. The number of nitrogens with zero attached hydrogens (tertiary/aromatic N) is 2. The lowest BCUT2D eigenvalue weighted by molar-refractivity contribution is -0.141. The highest BCUT2D eigenvalue weighted by Crippen LogP contribution is 2.02. The molecule has 0 amide bonds. The minimum atomic E-state index is -3.47. The van der Waals surface area contributed by atoms with Crippen LogP contribution in [-0.2, 0) is 37.0 Å². The van der Waals surface area contributed by atoms with Crippen molar-refractivity contribution in [3.8, 4) is 0 Å². The van der Waals surface area contributed by atoms with E-state index in [9.17, 15) is 13.2 Å². The van der Waals surface area contributed by atoms with E-state index in [1.54, 1.807) is 0 Å². The highest BCUT2D eigenvalue weighted by Gasteiger charge is 2.07. The first-order valence-electron chi connectivity index (χ1n) is 4.33. The number of carbonyl (C=O) groups excluding carboxylic acids is 1. The maximum absolute atomic E-state index is 10.9. The van der Waals surface area contributed by atoms with Gasteiger partial charge in [0.05, 0.1) is 26.2 Å². The zero-order chi connectivity index (χ0) is 12.2. The van der Waals surface area contributed by atoms with E-state index in [2.05, 4.69) is 14.0 Å². The molecule has 8 heteroatoms. The second kappa shape index (κ2) is 5.08. The average molecular weight is 248 g/mol. The van der Waals surface area contributed by atoms with Gasteiger partial charge in [0, 0.05) is 11.8 Å². The van der Waals surface area contributed by atoms with Gasteiger partial charge in [-0.25, -0.2) is 0 Å². The van der Waals surface area contributed by atoms with E-state index in [4.69, 9.17) is 0 Å². The monoisotopic (exact) mass is 248 g/mol. The minimum absolute atomic E-state index is 0.0185. The number of esters is 1. The van der Waals surface area contributed by atoms with E-state index < -0.39 is 16.1 Å². The molecule has 0 radical (unpaired) electrons. The van der Waals surface area contributed by atoms with Crippen molar-refractivity contribution in [2.75, 3.05) is 13.4 Å². The molecule has 0 spiro atoms. The zero-order valence-corrected chi connectivity index (χ0v) is 9.73. The fourth-order valence-corrected chi connectivity index (χ4v) is 1.29. The molecule has 0 bridgehead atoms. The highest BCUT2D eigenvalue weighted by molar-refractivity contribution is 7.85. The molecule has 0 atom stereocenters. The Morgan fingerprint density at radius 1 is 1.56 bits per heavy atom. The van der Waals surface area contributed by atoms with E-state index in [1.165, 1.54) is 24.2 Å². The number of aromatic nitrogens is 2. The topological polar surface area (TPSA) is 87.5 Å². The molecule has 0 unspecified atom stereocenters. The molecule has 1 aromatic heterocycles. The molecule has 1 rings (SSSR count). The molecule has 0 aliphatic rings. The number of ether oxygens (including phenoxy) is 1. The zero-order valence-electron chi connectivity index (χ0n) is 8.91.